The molecule has 0 aliphatic carbocycles. The van der Waals surface area contributed by atoms with E-state index in [0.717, 1.165) is 10.0 Å². The molecule has 0 radical (unpaired) electrons. The molecule has 0 atom stereocenters. The number of hydrogen-bond donors (Lipinski definition) is 2. The minimum Gasteiger partial charge on any atom is -0.488 e. The Morgan fingerprint density at radius 2 is 1.74 bits per heavy atom. The lowest BCUT2D eigenvalue weighted by Crippen LogP contribution is -2.34. The molecule has 0 aliphatic heterocycles. The molecular weight excluding hydrogens is 502 g/mol. The predicted molar refractivity (Wildman–Crippen MR) is 131 cm³/mol. The maximum absolute atomic E-state index is 12.1. The molecule has 2 N–H and O–H groups in total. The van der Waals surface area contributed by atoms with Crippen LogP contribution in [0.3, 0.4) is 0 Å². The number of benzene rings is 3. The molecule has 3 aromatic carbocycles. The number of halogens is 1. The van der Waals surface area contributed by atoms with Gasteiger partial charge in [-0.1, -0.05) is 46.3 Å². The quantitative estimate of drug-likeness (QED) is 0.252. The van der Waals surface area contributed by atoms with Crippen LogP contribution in [-0.4, -0.2) is 37.7 Å². The van der Waals surface area contributed by atoms with Crippen molar-refractivity contribution in [3.63, 3.8) is 0 Å². The molecule has 8 nitrogen and oxygen atoms in total. The number of esters is 1. The first kappa shape index (κ1) is 24.7. The first-order chi connectivity index (χ1) is 16.5. The highest BCUT2D eigenvalue weighted by Crippen LogP contribution is 2.18. The molecule has 9 heteroatoms. The highest BCUT2D eigenvalue weighted by molar-refractivity contribution is 9.10. The average molecular weight is 524 g/mol. The van der Waals surface area contributed by atoms with E-state index in [1.54, 1.807) is 60.7 Å². The van der Waals surface area contributed by atoms with Crippen LogP contribution in [0.15, 0.2) is 82.4 Å². The molecule has 0 saturated carbocycles. The van der Waals surface area contributed by atoms with Crippen LogP contribution in [0.25, 0.3) is 0 Å². The Kier molecular flexibility index (Phi) is 8.93. The number of hydrogen-bond acceptors (Lipinski definition) is 6. The van der Waals surface area contributed by atoms with Gasteiger partial charge in [0.05, 0.1) is 25.4 Å². The van der Waals surface area contributed by atoms with Crippen molar-refractivity contribution in [2.45, 2.75) is 6.61 Å². The van der Waals surface area contributed by atoms with Crippen molar-refractivity contribution in [2.24, 2.45) is 5.10 Å². The van der Waals surface area contributed by atoms with Gasteiger partial charge < -0.3 is 14.8 Å². The fourth-order valence-electron chi connectivity index (χ4n) is 2.84. The number of nitrogens with zero attached hydrogens (tertiary/aromatic N) is 1. The second-order valence-corrected chi connectivity index (χ2v) is 7.92. The topological polar surface area (TPSA) is 106 Å². The van der Waals surface area contributed by atoms with Gasteiger partial charge in [-0.3, -0.25) is 9.59 Å². The zero-order valence-electron chi connectivity index (χ0n) is 18.3. The SMILES string of the molecule is COC(=O)c1ccc(COc2ccccc2/C=N\NC(=O)CNC(=O)c2cccc(Br)c2)cc1. The molecule has 0 unspecified atom stereocenters. The molecule has 3 rings (SSSR count). The number of para-hydroxylation sites is 1. The molecule has 174 valence electrons. The minimum atomic E-state index is -0.469. The third kappa shape index (κ3) is 7.28. The van der Waals surface area contributed by atoms with Crippen molar-refractivity contribution in [1.29, 1.82) is 0 Å². The fourth-order valence-corrected chi connectivity index (χ4v) is 3.24. The van der Waals surface area contributed by atoms with Crippen molar-refractivity contribution >= 4 is 39.9 Å². The van der Waals surface area contributed by atoms with Gasteiger partial charge in [0.1, 0.15) is 12.4 Å². The highest BCUT2D eigenvalue weighted by Gasteiger charge is 2.08. The number of rotatable bonds is 9. The van der Waals surface area contributed by atoms with Gasteiger partial charge in [0.25, 0.3) is 11.8 Å². The Morgan fingerprint density at radius 3 is 2.47 bits per heavy atom. The standard InChI is InChI=1S/C25H22BrN3O5/c1-33-25(32)18-11-9-17(10-12-18)16-34-22-8-3-2-5-20(22)14-28-29-23(30)15-27-24(31)19-6-4-7-21(26)13-19/h2-14H,15-16H2,1H3,(H,27,31)(H,29,30)/b28-14-. The third-order valence-electron chi connectivity index (χ3n) is 4.58. The second-order valence-electron chi connectivity index (χ2n) is 7.00. The van der Waals surface area contributed by atoms with Gasteiger partial charge in [-0.25, -0.2) is 10.2 Å². The zero-order chi connectivity index (χ0) is 24.3. The van der Waals surface area contributed by atoms with E-state index in [1.807, 2.05) is 12.1 Å². The van der Waals surface area contributed by atoms with Crippen LogP contribution in [0.5, 0.6) is 5.75 Å². The van der Waals surface area contributed by atoms with Gasteiger partial charge in [0, 0.05) is 15.6 Å². The smallest absolute Gasteiger partial charge is 0.337 e. The van der Waals surface area contributed by atoms with Crippen molar-refractivity contribution in [2.75, 3.05) is 13.7 Å². The molecule has 0 saturated heterocycles. The van der Waals surface area contributed by atoms with E-state index in [9.17, 15) is 14.4 Å². The summed E-state index contributed by atoms with van der Waals surface area (Å²) < 4.78 is 11.3. The third-order valence-corrected chi connectivity index (χ3v) is 5.07. The summed E-state index contributed by atoms with van der Waals surface area (Å²) in [5.74, 6) is -0.660. The predicted octanol–water partition coefficient (Wildman–Crippen LogP) is 3.69. The largest absolute Gasteiger partial charge is 0.488 e. The van der Waals surface area contributed by atoms with Crippen molar-refractivity contribution in [3.05, 3.63) is 99.5 Å². The molecule has 0 aromatic heterocycles. The van der Waals surface area contributed by atoms with Crippen LogP contribution in [0.2, 0.25) is 0 Å². The first-order valence-corrected chi connectivity index (χ1v) is 11.0. The van der Waals surface area contributed by atoms with Crippen molar-refractivity contribution in [1.82, 2.24) is 10.7 Å². The number of hydrazone groups is 1. The number of ether oxygens (including phenoxy) is 2. The maximum Gasteiger partial charge on any atom is 0.337 e. The monoisotopic (exact) mass is 523 g/mol. The number of carbonyl (C=O) groups excluding carboxylic acids is 3. The van der Waals surface area contributed by atoms with E-state index < -0.39 is 11.9 Å². The fraction of sp³-hybridized carbons (Fsp3) is 0.120. The molecule has 0 fully saturated rings. The lowest BCUT2D eigenvalue weighted by Gasteiger charge is -2.09. The summed E-state index contributed by atoms with van der Waals surface area (Å²) in [5.41, 5.74) is 4.81. The number of nitrogens with one attached hydrogen (secondary N) is 2. The Morgan fingerprint density at radius 1 is 0.971 bits per heavy atom. The molecule has 0 spiro atoms. The summed E-state index contributed by atoms with van der Waals surface area (Å²) in [4.78, 5) is 35.7. The van der Waals surface area contributed by atoms with Crippen LogP contribution in [0.4, 0.5) is 0 Å². The summed E-state index contributed by atoms with van der Waals surface area (Å²) in [5, 5.41) is 6.49. The number of methoxy groups -OCH3 is 1. The summed E-state index contributed by atoms with van der Waals surface area (Å²) in [6.07, 6.45) is 1.46. The van der Waals surface area contributed by atoms with Gasteiger partial charge in [0.2, 0.25) is 0 Å². The van der Waals surface area contributed by atoms with Crippen LogP contribution in [0.1, 0.15) is 31.8 Å². The van der Waals surface area contributed by atoms with E-state index in [4.69, 9.17) is 4.74 Å². The van der Waals surface area contributed by atoms with Gasteiger partial charge in [0.15, 0.2) is 0 Å². The van der Waals surface area contributed by atoms with Crippen LogP contribution >= 0.6 is 15.9 Å². The maximum atomic E-state index is 12.1. The molecular formula is C25H22BrN3O5. The van der Waals surface area contributed by atoms with Crippen molar-refractivity contribution in [3.8, 4) is 5.75 Å². The van der Waals surface area contributed by atoms with Crippen LogP contribution in [-0.2, 0) is 16.1 Å². The van der Waals surface area contributed by atoms with Crippen LogP contribution in [0, 0.1) is 0 Å². The molecule has 0 bridgehead atoms. The van der Waals surface area contributed by atoms with E-state index in [-0.39, 0.29) is 19.1 Å². The summed E-state index contributed by atoms with van der Waals surface area (Å²) in [6, 6.07) is 21.0. The molecule has 34 heavy (non-hydrogen) atoms. The van der Waals surface area contributed by atoms with Gasteiger partial charge in [-0.05, 0) is 48.0 Å². The van der Waals surface area contributed by atoms with Gasteiger partial charge in [-0.2, -0.15) is 5.10 Å². The number of amides is 2. The lowest BCUT2D eigenvalue weighted by molar-refractivity contribution is -0.120. The first-order valence-electron chi connectivity index (χ1n) is 10.2. The second kappa shape index (κ2) is 12.3. The summed E-state index contributed by atoms with van der Waals surface area (Å²) in [7, 11) is 1.33. The Balaban J connectivity index is 1.51. The van der Waals surface area contributed by atoms with Crippen LogP contribution < -0.4 is 15.5 Å². The van der Waals surface area contributed by atoms with E-state index in [2.05, 4.69) is 36.5 Å². The van der Waals surface area contributed by atoms with E-state index in [0.29, 0.717) is 22.4 Å². The van der Waals surface area contributed by atoms with Gasteiger partial charge >= 0.3 is 5.97 Å². The summed E-state index contributed by atoms with van der Waals surface area (Å²) >= 11 is 3.30. The molecule has 0 aliphatic rings. The average Bonchev–Trinajstić information content (AvgIpc) is 2.86. The highest BCUT2D eigenvalue weighted by atomic mass is 79.9. The molecule has 0 heterocycles. The zero-order valence-corrected chi connectivity index (χ0v) is 19.9. The minimum absolute atomic E-state index is 0.220. The Labute approximate surface area is 205 Å². The Bertz CT molecular complexity index is 1200. The molecule has 3 aromatic rings. The molecule has 2 amide bonds. The Hall–Kier alpha value is -3.98. The van der Waals surface area contributed by atoms with Crippen molar-refractivity contribution < 1.29 is 23.9 Å². The lowest BCUT2D eigenvalue weighted by atomic mass is 10.1. The van der Waals surface area contributed by atoms with E-state index >= 15 is 0 Å². The van der Waals surface area contributed by atoms with Gasteiger partial charge in [-0.15, -0.1) is 0 Å². The summed E-state index contributed by atoms with van der Waals surface area (Å²) in [6.45, 7) is 0.0582. The normalized spacial score (nSPS) is 10.5. The van der Waals surface area contributed by atoms with E-state index in [1.165, 1.54) is 13.3 Å². The number of carbonyl (C=O) groups is 3.